The molecule has 0 spiro atoms. The van der Waals surface area contributed by atoms with Crippen LogP contribution in [0.5, 0.6) is 0 Å². The SMILES string of the molecule is CC(C)=CCNc1c2ncn(CC3CCCCC3)c2nc2nccn12. The number of allylic oxidation sites excluding steroid dienone is 1. The zero-order valence-corrected chi connectivity index (χ0v) is 15.1. The monoisotopic (exact) mass is 338 g/mol. The summed E-state index contributed by atoms with van der Waals surface area (Å²) in [5.74, 6) is 2.43. The van der Waals surface area contributed by atoms with Crippen LogP contribution < -0.4 is 5.32 Å². The van der Waals surface area contributed by atoms with Crippen LogP contribution in [-0.2, 0) is 6.54 Å². The van der Waals surface area contributed by atoms with Crippen LogP contribution in [0.4, 0.5) is 5.82 Å². The molecular weight excluding hydrogens is 312 g/mol. The molecule has 6 heteroatoms. The third-order valence-corrected chi connectivity index (χ3v) is 5.06. The van der Waals surface area contributed by atoms with Crippen LogP contribution in [0, 0.1) is 5.92 Å². The van der Waals surface area contributed by atoms with E-state index in [0.29, 0.717) is 0 Å². The van der Waals surface area contributed by atoms with Crippen LogP contribution in [-0.4, -0.2) is 30.5 Å². The van der Waals surface area contributed by atoms with E-state index in [1.54, 1.807) is 6.20 Å². The highest BCUT2D eigenvalue weighted by Gasteiger charge is 2.18. The summed E-state index contributed by atoms with van der Waals surface area (Å²) in [6.45, 7) is 5.99. The first-order chi connectivity index (χ1) is 12.2. The van der Waals surface area contributed by atoms with Gasteiger partial charge in [-0.2, -0.15) is 4.98 Å². The van der Waals surface area contributed by atoms with Crippen molar-refractivity contribution in [3.8, 4) is 0 Å². The van der Waals surface area contributed by atoms with Crippen molar-refractivity contribution in [1.82, 2.24) is 23.9 Å². The van der Waals surface area contributed by atoms with Crippen LogP contribution in [0.15, 0.2) is 30.4 Å². The molecule has 3 aromatic heterocycles. The van der Waals surface area contributed by atoms with Crippen LogP contribution in [0.2, 0.25) is 0 Å². The number of nitrogens with zero attached hydrogens (tertiary/aromatic N) is 5. The van der Waals surface area contributed by atoms with Gasteiger partial charge in [-0.1, -0.05) is 30.9 Å². The molecule has 0 bridgehead atoms. The lowest BCUT2D eigenvalue weighted by atomic mass is 9.89. The van der Waals surface area contributed by atoms with Crippen LogP contribution in [0.3, 0.4) is 0 Å². The average Bonchev–Trinajstić information content (AvgIpc) is 3.22. The number of rotatable bonds is 5. The van der Waals surface area contributed by atoms with Gasteiger partial charge in [-0.25, -0.2) is 9.97 Å². The highest BCUT2D eigenvalue weighted by molar-refractivity contribution is 5.85. The fourth-order valence-corrected chi connectivity index (χ4v) is 3.72. The summed E-state index contributed by atoms with van der Waals surface area (Å²) in [4.78, 5) is 13.8. The fraction of sp³-hybridized carbons (Fsp3) is 0.526. The van der Waals surface area contributed by atoms with E-state index in [1.165, 1.54) is 37.7 Å². The third kappa shape index (κ3) is 3.25. The number of aromatic nitrogens is 5. The second kappa shape index (κ2) is 6.86. The Morgan fingerprint density at radius 1 is 1.24 bits per heavy atom. The average molecular weight is 338 g/mol. The minimum absolute atomic E-state index is 0.720. The summed E-state index contributed by atoms with van der Waals surface area (Å²) in [7, 11) is 0. The number of hydrogen-bond acceptors (Lipinski definition) is 4. The second-order valence-electron chi connectivity index (χ2n) is 7.29. The quantitative estimate of drug-likeness (QED) is 0.713. The molecule has 0 unspecified atom stereocenters. The Morgan fingerprint density at radius 3 is 2.88 bits per heavy atom. The second-order valence-corrected chi connectivity index (χ2v) is 7.29. The molecule has 0 radical (unpaired) electrons. The largest absolute Gasteiger partial charge is 0.366 e. The third-order valence-electron chi connectivity index (χ3n) is 5.06. The maximum absolute atomic E-state index is 4.76. The minimum atomic E-state index is 0.720. The Balaban J connectivity index is 1.71. The maximum Gasteiger partial charge on any atom is 0.237 e. The van der Waals surface area contributed by atoms with Crippen molar-refractivity contribution in [3.05, 3.63) is 30.4 Å². The number of nitrogens with one attached hydrogen (secondary N) is 1. The van der Waals surface area contributed by atoms with E-state index < -0.39 is 0 Å². The predicted octanol–water partition coefficient (Wildman–Crippen LogP) is 4.04. The Bertz CT molecular complexity index is 893. The van der Waals surface area contributed by atoms with E-state index in [1.807, 2.05) is 16.9 Å². The first-order valence-corrected chi connectivity index (χ1v) is 9.27. The fourth-order valence-electron chi connectivity index (χ4n) is 3.72. The van der Waals surface area contributed by atoms with Crippen molar-refractivity contribution >= 4 is 22.8 Å². The molecule has 1 fully saturated rings. The van der Waals surface area contributed by atoms with Crippen molar-refractivity contribution in [3.63, 3.8) is 0 Å². The Morgan fingerprint density at radius 2 is 2.08 bits per heavy atom. The molecule has 1 saturated carbocycles. The summed E-state index contributed by atoms with van der Waals surface area (Å²) in [6, 6.07) is 0. The van der Waals surface area contributed by atoms with E-state index in [2.05, 4.69) is 39.8 Å². The number of anilines is 1. The van der Waals surface area contributed by atoms with Gasteiger partial charge in [0.25, 0.3) is 0 Å². The first kappa shape index (κ1) is 16.1. The minimum Gasteiger partial charge on any atom is -0.366 e. The lowest BCUT2D eigenvalue weighted by Gasteiger charge is -2.21. The summed E-state index contributed by atoms with van der Waals surface area (Å²) in [5.41, 5.74) is 3.15. The standard InChI is InChI=1S/C19H26N6/c1-14(2)8-9-20-17-16-18(23-19-21-10-11-25(17)19)24(13-22-16)12-15-6-4-3-5-7-15/h8,10-11,13,15,20H,3-7,9,12H2,1-2H3. The first-order valence-electron chi connectivity index (χ1n) is 9.27. The molecule has 6 nitrogen and oxygen atoms in total. The van der Waals surface area contributed by atoms with Gasteiger partial charge in [-0.3, -0.25) is 4.40 Å². The molecule has 3 heterocycles. The normalized spacial score (nSPS) is 15.8. The molecule has 0 saturated heterocycles. The predicted molar refractivity (Wildman–Crippen MR) is 101 cm³/mol. The number of hydrogen-bond donors (Lipinski definition) is 1. The zero-order valence-electron chi connectivity index (χ0n) is 15.1. The van der Waals surface area contributed by atoms with Gasteiger partial charge in [-0.15, -0.1) is 0 Å². The Kier molecular flexibility index (Phi) is 4.42. The van der Waals surface area contributed by atoms with E-state index in [0.717, 1.165) is 41.8 Å². The smallest absolute Gasteiger partial charge is 0.237 e. The summed E-state index contributed by atoms with van der Waals surface area (Å²) in [6.07, 6.45) is 14.6. The number of fused-ring (bicyclic) bond motifs is 2. The Labute approximate surface area is 148 Å². The Hall–Kier alpha value is -2.37. The molecule has 132 valence electrons. The maximum atomic E-state index is 4.76. The van der Waals surface area contributed by atoms with Gasteiger partial charge >= 0.3 is 0 Å². The number of imidazole rings is 2. The van der Waals surface area contributed by atoms with Crippen molar-refractivity contribution in [1.29, 1.82) is 0 Å². The molecule has 3 aromatic rings. The van der Waals surface area contributed by atoms with E-state index >= 15 is 0 Å². The van der Waals surface area contributed by atoms with Crippen LogP contribution in [0.25, 0.3) is 16.9 Å². The molecular formula is C19H26N6. The molecule has 1 N–H and O–H groups in total. The highest BCUT2D eigenvalue weighted by Crippen LogP contribution is 2.28. The molecule has 0 aromatic carbocycles. The van der Waals surface area contributed by atoms with Gasteiger partial charge in [0, 0.05) is 25.5 Å². The van der Waals surface area contributed by atoms with Gasteiger partial charge < -0.3 is 9.88 Å². The highest BCUT2D eigenvalue weighted by atomic mass is 15.2. The molecule has 1 aliphatic carbocycles. The van der Waals surface area contributed by atoms with E-state index in [9.17, 15) is 0 Å². The van der Waals surface area contributed by atoms with Crippen molar-refractivity contribution in [2.45, 2.75) is 52.5 Å². The molecule has 0 amide bonds. The van der Waals surface area contributed by atoms with Crippen molar-refractivity contribution in [2.75, 3.05) is 11.9 Å². The molecule has 0 aliphatic heterocycles. The zero-order chi connectivity index (χ0) is 17.2. The van der Waals surface area contributed by atoms with Crippen LogP contribution in [0.1, 0.15) is 46.0 Å². The topological polar surface area (TPSA) is 60.0 Å². The summed E-state index contributed by atoms with van der Waals surface area (Å²) < 4.78 is 4.20. The van der Waals surface area contributed by atoms with Crippen LogP contribution >= 0.6 is 0 Å². The lowest BCUT2D eigenvalue weighted by Crippen LogP contribution is -2.14. The molecule has 25 heavy (non-hydrogen) atoms. The van der Waals surface area contributed by atoms with E-state index in [-0.39, 0.29) is 0 Å². The van der Waals surface area contributed by atoms with Crippen molar-refractivity contribution in [2.24, 2.45) is 5.92 Å². The van der Waals surface area contributed by atoms with Gasteiger partial charge in [0.2, 0.25) is 5.78 Å². The molecule has 1 aliphatic rings. The summed E-state index contributed by atoms with van der Waals surface area (Å²) >= 11 is 0. The summed E-state index contributed by atoms with van der Waals surface area (Å²) in [5, 5.41) is 3.50. The van der Waals surface area contributed by atoms with Gasteiger partial charge in [0.15, 0.2) is 5.65 Å². The van der Waals surface area contributed by atoms with Gasteiger partial charge in [0.1, 0.15) is 11.3 Å². The van der Waals surface area contributed by atoms with E-state index in [4.69, 9.17) is 4.98 Å². The molecule has 4 rings (SSSR count). The van der Waals surface area contributed by atoms with Gasteiger partial charge in [0.05, 0.1) is 6.33 Å². The lowest BCUT2D eigenvalue weighted by molar-refractivity contribution is 0.321. The van der Waals surface area contributed by atoms with Gasteiger partial charge in [-0.05, 0) is 32.6 Å². The molecule has 0 atom stereocenters. The van der Waals surface area contributed by atoms with Crippen molar-refractivity contribution < 1.29 is 0 Å².